The molecule has 0 aliphatic carbocycles. The summed E-state index contributed by atoms with van der Waals surface area (Å²) < 4.78 is 0. The van der Waals surface area contributed by atoms with Crippen LogP contribution in [0.5, 0.6) is 0 Å². The molecule has 0 saturated carbocycles. The lowest BCUT2D eigenvalue weighted by Crippen LogP contribution is -2.10. The van der Waals surface area contributed by atoms with E-state index in [1.54, 1.807) is 13.0 Å². The topological polar surface area (TPSA) is 81.8 Å². The van der Waals surface area contributed by atoms with Crippen molar-refractivity contribution in [1.29, 1.82) is 5.26 Å². The monoisotopic (exact) mass is 192 g/mol. The van der Waals surface area contributed by atoms with Crippen LogP contribution in [-0.2, 0) is 0 Å². The number of hydrogen-bond donors (Lipinski definition) is 2. The molecule has 0 bridgehead atoms. The van der Waals surface area contributed by atoms with Gasteiger partial charge in [0.15, 0.2) is 0 Å². The Labute approximate surface area is 82.4 Å². The van der Waals surface area contributed by atoms with Crippen LogP contribution in [0, 0.1) is 11.3 Å². The van der Waals surface area contributed by atoms with E-state index in [2.05, 4.69) is 15.3 Å². The van der Waals surface area contributed by atoms with Gasteiger partial charge in [-0.3, -0.25) is 0 Å². The fourth-order valence-electron chi connectivity index (χ4n) is 0.924. The third-order valence-electron chi connectivity index (χ3n) is 1.65. The normalized spacial score (nSPS) is 11.8. The zero-order chi connectivity index (χ0) is 10.4. The van der Waals surface area contributed by atoms with Gasteiger partial charge >= 0.3 is 0 Å². The first kappa shape index (κ1) is 10.4. The minimum atomic E-state index is -0.334. The molecule has 1 aromatic heterocycles. The predicted octanol–water partition coefficient (Wildman–Crippen LogP) is 0.531. The number of aliphatic hydroxyl groups excluding tert-OH is 1. The molecule has 0 aliphatic heterocycles. The number of anilines is 1. The van der Waals surface area contributed by atoms with Gasteiger partial charge in [0.05, 0.1) is 6.10 Å². The SMILES string of the molecule is CC(O)CCNc1cc(C#N)ncn1. The fourth-order valence-corrected chi connectivity index (χ4v) is 0.924. The molecule has 2 N–H and O–H groups in total. The van der Waals surface area contributed by atoms with E-state index in [0.29, 0.717) is 24.5 Å². The highest BCUT2D eigenvalue weighted by molar-refractivity contribution is 5.38. The van der Waals surface area contributed by atoms with Gasteiger partial charge in [-0.05, 0) is 13.3 Å². The maximum atomic E-state index is 9.01. The average Bonchev–Trinajstić information content (AvgIpc) is 2.18. The summed E-state index contributed by atoms with van der Waals surface area (Å²) >= 11 is 0. The van der Waals surface area contributed by atoms with E-state index in [1.807, 2.05) is 6.07 Å². The molecule has 74 valence electrons. The van der Waals surface area contributed by atoms with E-state index < -0.39 is 0 Å². The standard InChI is InChI=1S/C9H12N4O/c1-7(14)2-3-11-9-4-8(5-10)12-6-13-9/h4,6-7,14H,2-3H2,1H3,(H,11,12,13). The second-order valence-corrected chi connectivity index (χ2v) is 2.96. The van der Waals surface area contributed by atoms with Gasteiger partial charge in [-0.1, -0.05) is 0 Å². The van der Waals surface area contributed by atoms with Gasteiger partial charge in [-0.25, -0.2) is 9.97 Å². The summed E-state index contributed by atoms with van der Waals surface area (Å²) in [5.41, 5.74) is 0.333. The third-order valence-corrected chi connectivity index (χ3v) is 1.65. The molecule has 5 heteroatoms. The Balaban J connectivity index is 2.47. The van der Waals surface area contributed by atoms with Crippen molar-refractivity contribution in [3.63, 3.8) is 0 Å². The quantitative estimate of drug-likeness (QED) is 0.727. The van der Waals surface area contributed by atoms with Crippen molar-refractivity contribution in [2.45, 2.75) is 19.4 Å². The van der Waals surface area contributed by atoms with Crippen LogP contribution in [0.1, 0.15) is 19.0 Å². The van der Waals surface area contributed by atoms with Crippen LogP contribution in [0.2, 0.25) is 0 Å². The molecule has 1 rings (SSSR count). The van der Waals surface area contributed by atoms with Crippen LogP contribution in [0.4, 0.5) is 5.82 Å². The minimum absolute atomic E-state index is 0.333. The van der Waals surface area contributed by atoms with Gasteiger partial charge < -0.3 is 10.4 Å². The van der Waals surface area contributed by atoms with E-state index >= 15 is 0 Å². The van der Waals surface area contributed by atoms with Gasteiger partial charge in [0.1, 0.15) is 23.9 Å². The van der Waals surface area contributed by atoms with Gasteiger partial charge in [-0.15, -0.1) is 0 Å². The Morgan fingerprint density at radius 2 is 2.43 bits per heavy atom. The van der Waals surface area contributed by atoms with E-state index in [0.717, 1.165) is 0 Å². The number of nitrogens with zero attached hydrogens (tertiary/aromatic N) is 3. The molecule has 0 fully saturated rings. The number of aromatic nitrogens is 2. The van der Waals surface area contributed by atoms with Crippen molar-refractivity contribution < 1.29 is 5.11 Å². The largest absolute Gasteiger partial charge is 0.393 e. The molecular formula is C9H12N4O. The first-order chi connectivity index (χ1) is 6.72. The molecule has 14 heavy (non-hydrogen) atoms. The van der Waals surface area contributed by atoms with Gasteiger partial charge in [0.2, 0.25) is 0 Å². The highest BCUT2D eigenvalue weighted by Crippen LogP contribution is 2.02. The summed E-state index contributed by atoms with van der Waals surface area (Å²) in [6.45, 7) is 2.35. The Morgan fingerprint density at radius 1 is 1.64 bits per heavy atom. The Hall–Kier alpha value is -1.67. The van der Waals surface area contributed by atoms with Crippen LogP contribution in [0.25, 0.3) is 0 Å². The van der Waals surface area contributed by atoms with E-state index in [9.17, 15) is 0 Å². The first-order valence-corrected chi connectivity index (χ1v) is 4.36. The molecule has 0 amide bonds. The summed E-state index contributed by atoms with van der Waals surface area (Å²) in [5.74, 6) is 0.609. The van der Waals surface area contributed by atoms with Crippen LogP contribution in [0.3, 0.4) is 0 Å². The van der Waals surface area contributed by atoms with Crippen molar-refractivity contribution in [3.05, 3.63) is 18.1 Å². The van der Waals surface area contributed by atoms with Crippen molar-refractivity contribution in [2.75, 3.05) is 11.9 Å². The number of hydrogen-bond acceptors (Lipinski definition) is 5. The molecule has 0 saturated heterocycles. The predicted molar refractivity (Wildman–Crippen MR) is 51.5 cm³/mol. The van der Waals surface area contributed by atoms with Crippen LogP contribution < -0.4 is 5.32 Å². The highest BCUT2D eigenvalue weighted by Gasteiger charge is 1.98. The third kappa shape index (κ3) is 3.37. The Bertz CT molecular complexity index is 332. The number of rotatable bonds is 4. The highest BCUT2D eigenvalue weighted by atomic mass is 16.3. The van der Waals surface area contributed by atoms with E-state index in [-0.39, 0.29) is 6.10 Å². The summed E-state index contributed by atoms with van der Waals surface area (Å²) in [6, 6.07) is 3.50. The molecular weight excluding hydrogens is 180 g/mol. The van der Waals surface area contributed by atoms with Crippen LogP contribution >= 0.6 is 0 Å². The van der Waals surface area contributed by atoms with Crippen LogP contribution in [0.15, 0.2) is 12.4 Å². The summed E-state index contributed by atoms with van der Waals surface area (Å²) in [5, 5.41) is 20.6. The van der Waals surface area contributed by atoms with Crippen molar-refractivity contribution in [2.24, 2.45) is 0 Å². The lowest BCUT2D eigenvalue weighted by molar-refractivity contribution is 0.188. The lowest BCUT2D eigenvalue weighted by Gasteiger charge is -2.06. The zero-order valence-electron chi connectivity index (χ0n) is 7.94. The average molecular weight is 192 g/mol. The van der Waals surface area contributed by atoms with Gasteiger partial charge in [0, 0.05) is 12.6 Å². The number of nitriles is 1. The molecule has 0 aromatic carbocycles. The molecule has 1 heterocycles. The minimum Gasteiger partial charge on any atom is -0.393 e. The van der Waals surface area contributed by atoms with Crippen molar-refractivity contribution >= 4 is 5.82 Å². The Kier molecular flexibility index (Phi) is 3.83. The van der Waals surface area contributed by atoms with E-state index in [1.165, 1.54) is 6.33 Å². The maximum absolute atomic E-state index is 9.01. The summed E-state index contributed by atoms with van der Waals surface area (Å²) in [6.07, 6.45) is 1.65. The van der Waals surface area contributed by atoms with Crippen LogP contribution in [-0.4, -0.2) is 27.7 Å². The summed E-state index contributed by atoms with van der Waals surface area (Å²) in [4.78, 5) is 7.67. The smallest absolute Gasteiger partial charge is 0.145 e. The number of nitrogens with one attached hydrogen (secondary N) is 1. The molecule has 1 aromatic rings. The van der Waals surface area contributed by atoms with Gasteiger partial charge in [0.25, 0.3) is 0 Å². The lowest BCUT2D eigenvalue weighted by atomic mass is 10.3. The van der Waals surface area contributed by atoms with Gasteiger partial charge in [-0.2, -0.15) is 5.26 Å². The molecule has 0 radical (unpaired) electrons. The summed E-state index contributed by atoms with van der Waals surface area (Å²) in [7, 11) is 0. The zero-order valence-corrected chi connectivity index (χ0v) is 7.94. The maximum Gasteiger partial charge on any atom is 0.145 e. The molecule has 1 atom stereocenters. The molecule has 0 spiro atoms. The molecule has 5 nitrogen and oxygen atoms in total. The molecule has 1 unspecified atom stereocenters. The second-order valence-electron chi connectivity index (χ2n) is 2.96. The second kappa shape index (κ2) is 5.14. The Morgan fingerprint density at radius 3 is 3.07 bits per heavy atom. The number of aliphatic hydroxyl groups is 1. The van der Waals surface area contributed by atoms with Crippen molar-refractivity contribution in [3.8, 4) is 6.07 Å². The molecule has 0 aliphatic rings. The fraction of sp³-hybridized carbons (Fsp3) is 0.444. The van der Waals surface area contributed by atoms with E-state index in [4.69, 9.17) is 10.4 Å². The van der Waals surface area contributed by atoms with Crippen molar-refractivity contribution in [1.82, 2.24) is 9.97 Å². The first-order valence-electron chi connectivity index (χ1n) is 4.36.